The first-order chi connectivity index (χ1) is 9.72. The minimum absolute atomic E-state index is 0.00655. The molecule has 3 nitrogen and oxygen atoms in total. The molecule has 1 fully saturated rings. The molecule has 0 bridgehead atoms. The second-order valence-corrected chi connectivity index (χ2v) is 5.34. The van der Waals surface area contributed by atoms with Crippen molar-refractivity contribution in [3.63, 3.8) is 0 Å². The van der Waals surface area contributed by atoms with Gasteiger partial charge in [0.05, 0.1) is 6.42 Å². The number of benzene rings is 2. The van der Waals surface area contributed by atoms with Gasteiger partial charge in [0, 0.05) is 17.6 Å². The number of hydrogen-bond acceptors (Lipinski definition) is 2. The van der Waals surface area contributed by atoms with Crippen LogP contribution in [0.15, 0.2) is 54.6 Å². The zero-order chi connectivity index (χ0) is 13.9. The monoisotopic (exact) mass is 266 g/mol. The van der Waals surface area contributed by atoms with Gasteiger partial charge >= 0.3 is 0 Å². The molecule has 2 aromatic carbocycles. The molecule has 0 saturated heterocycles. The van der Waals surface area contributed by atoms with Crippen LogP contribution in [-0.4, -0.2) is 11.9 Å². The number of anilines is 1. The largest absolute Gasteiger partial charge is 0.327 e. The molecule has 3 rings (SSSR count). The Balaban J connectivity index is 1.58. The lowest BCUT2D eigenvalue weighted by molar-refractivity contribution is -0.115. The van der Waals surface area contributed by atoms with Crippen LogP contribution in [-0.2, 0) is 11.2 Å². The lowest BCUT2D eigenvalue weighted by Crippen LogP contribution is -2.14. The Morgan fingerprint density at radius 3 is 2.35 bits per heavy atom. The van der Waals surface area contributed by atoms with Gasteiger partial charge in [-0.15, -0.1) is 0 Å². The molecule has 1 amide bonds. The molecule has 1 saturated carbocycles. The van der Waals surface area contributed by atoms with Gasteiger partial charge in [0.1, 0.15) is 0 Å². The van der Waals surface area contributed by atoms with Gasteiger partial charge in [0.2, 0.25) is 5.91 Å². The Morgan fingerprint density at radius 2 is 1.75 bits per heavy atom. The van der Waals surface area contributed by atoms with Crippen molar-refractivity contribution in [2.75, 3.05) is 5.32 Å². The third-order valence-corrected chi connectivity index (χ3v) is 3.67. The van der Waals surface area contributed by atoms with Gasteiger partial charge in [0.15, 0.2) is 0 Å². The standard InChI is InChI=1S/C17H18N2O/c18-16-11-15(16)13-6-8-14(9-7-13)19-17(20)10-12-4-2-1-3-5-12/h1-9,15-16H,10-11,18H2,(H,19,20). The van der Waals surface area contributed by atoms with Crippen molar-refractivity contribution in [3.05, 3.63) is 65.7 Å². The molecule has 2 aromatic rings. The molecule has 0 heterocycles. The summed E-state index contributed by atoms with van der Waals surface area (Å²) in [6, 6.07) is 18.1. The van der Waals surface area contributed by atoms with E-state index >= 15 is 0 Å². The van der Waals surface area contributed by atoms with Crippen molar-refractivity contribution >= 4 is 11.6 Å². The zero-order valence-electron chi connectivity index (χ0n) is 11.3. The van der Waals surface area contributed by atoms with Crippen LogP contribution in [0.5, 0.6) is 0 Å². The van der Waals surface area contributed by atoms with Crippen LogP contribution in [0.1, 0.15) is 23.5 Å². The van der Waals surface area contributed by atoms with Gasteiger partial charge in [-0.25, -0.2) is 0 Å². The molecule has 0 radical (unpaired) electrons. The molecule has 3 N–H and O–H groups in total. The van der Waals surface area contributed by atoms with Gasteiger partial charge < -0.3 is 11.1 Å². The van der Waals surface area contributed by atoms with Crippen molar-refractivity contribution in [3.8, 4) is 0 Å². The Kier molecular flexibility index (Phi) is 3.52. The van der Waals surface area contributed by atoms with Gasteiger partial charge in [-0.3, -0.25) is 4.79 Å². The Labute approximate surface area is 118 Å². The topological polar surface area (TPSA) is 55.1 Å². The van der Waals surface area contributed by atoms with Crippen LogP contribution in [0.2, 0.25) is 0 Å². The summed E-state index contributed by atoms with van der Waals surface area (Å²) in [5.74, 6) is 0.510. The van der Waals surface area contributed by atoms with Crippen molar-refractivity contribution in [1.82, 2.24) is 0 Å². The first kappa shape index (κ1) is 12.9. The van der Waals surface area contributed by atoms with E-state index in [1.807, 2.05) is 42.5 Å². The average Bonchev–Trinajstić information content (AvgIpc) is 3.18. The molecule has 3 heteroatoms. The van der Waals surface area contributed by atoms with E-state index in [0.29, 0.717) is 18.4 Å². The van der Waals surface area contributed by atoms with E-state index in [1.165, 1.54) is 5.56 Å². The van der Waals surface area contributed by atoms with Gasteiger partial charge in [0.25, 0.3) is 0 Å². The molecule has 0 spiro atoms. The molecule has 0 aromatic heterocycles. The van der Waals surface area contributed by atoms with E-state index in [1.54, 1.807) is 0 Å². The molecular formula is C17H18N2O. The predicted octanol–water partition coefficient (Wildman–Crippen LogP) is 2.68. The maximum Gasteiger partial charge on any atom is 0.228 e. The van der Waals surface area contributed by atoms with Crippen molar-refractivity contribution in [2.24, 2.45) is 5.73 Å². The number of nitrogens with one attached hydrogen (secondary N) is 1. The minimum atomic E-state index is 0.00655. The molecule has 1 aliphatic carbocycles. The first-order valence-electron chi connectivity index (χ1n) is 6.92. The van der Waals surface area contributed by atoms with Gasteiger partial charge in [-0.2, -0.15) is 0 Å². The van der Waals surface area contributed by atoms with E-state index in [2.05, 4.69) is 17.4 Å². The smallest absolute Gasteiger partial charge is 0.228 e. The summed E-state index contributed by atoms with van der Waals surface area (Å²) in [6.07, 6.45) is 1.47. The van der Waals surface area contributed by atoms with E-state index in [9.17, 15) is 4.79 Å². The fourth-order valence-electron chi connectivity index (χ4n) is 2.40. The fraction of sp³-hybridized carbons (Fsp3) is 0.235. The third-order valence-electron chi connectivity index (χ3n) is 3.67. The highest BCUT2D eigenvalue weighted by atomic mass is 16.1. The Morgan fingerprint density at radius 1 is 1.10 bits per heavy atom. The first-order valence-corrected chi connectivity index (χ1v) is 6.92. The lowest BCUT2D eigenvalue weighted by Gasteiger charge is -2.06. The summed E-state index contributed by atoms with van der Waals surface area (Å²) in [5.41, 5.74) is 8.95. The van der Waals surface area contributed by atoms with Gasteiger partial charge in [-0.05, 0) is 29.7 Å². The average molecular weight is 266 g/mol. The van der Waals surface area contributed by atoms with Crippen molar-refractivity contribution in [1.29, 1.82) is 0 Å². The van der Waals surface area contributed by atoms with E-state index < -0.39 is 0 Å². The van der Waals surface area contributed by atoms with Crippen LogP contribution in [0, 0.1) is 0 Å². The number of nitrogens with two attached hydrogens (primary N) is 1. The SMILES string of the molecule is NC1CC1c1ccc(NC(=O)Cc2ccccc2)cc1. The summed E-state index contributed by atoms with van der Waals surface area (Å²) in [5, 5.41) is 2.92. The maximum absolute atomic E-state index is 11.9. The summed E-state index contributed by atoms with van der Waals surface area (Å²) in [4.78, 5) is 11.9. The molecule has 0 aliphatic heterocycles. The summed E-state index contributed by atoms with van der Waals surface area (Å²) in [6.45, 7) is 0. The highest BCUT2D eigenvalue weighted by Gasteiger charge is 2.34. The van der Waals surface area contributed by atoms with E-state index in [-0.39, 0.29) is 5.91 Å². The zero-order valence-corrected chi connectivity index (χ0v) is 11.3. The van der Waals surface area contributed by atoms with Crippen LogP contribution in [0.4, 0.5) is 5.69 Å². The van der Waals surface area contributed by atoms with Crippen LogP contribution < -0.4 is 11.1 Å². The normalized spacial score (nSPS) is 20.4. The molecule has 20 heavy (non-hydrogen) atoms. The number of carbonyl (C=O) groups excluding carboxylic acids is 1. The Bertz CT molecular complexity index is 592. The predicted molar refractivity (Wildman–Crippen MR) is 80.6 cm³/mol. The second-order valence-electron chi connectivity index (χ2n) is 5.34. The highest BCUT2D eigenvalue weighted by Crippen LogP contribution is 2.39. The second kappa shape index (κ2) is 5.47. The third kappa shape index (κ3) is 3.06. The lowest BCUT2D eigenvalue weighted by atomic mass is 10.1. The molecular weight excluding hydrogens is 248 g/mol. The minimum Gasteiger partial charge on any atom is -0.327 e. The van der Waals surface area contributed by atoms with Crippen molar-refractivity contribution in [2.45, 2.75) is 24.8 Å². The van der Waals surface area contributed by atoms with Crippen LogP contribution in [0.25, 0.3) is 0 Å². The summed E-state index contributed by atoms with van der Waals surface area (Å²) >= 11 is 0. The molecule has 2 atom stereocenters. The van der Waals surface area contributed by atoms with Crippen LogP contribution in [0.3, 0.4) is 0 Å². The molecule has 102 valence electrons. The molecule has 1 aliphatic rings. The van der Waals surface area contributed by atoms with Crippen molar-refractivity contribution < 1.29 is 4.79 Å². The molecule has 2 unspecified atom stereocenters. The Hall–Kier alpha value is -2.13. The summed E-state index contributed by atoms with van der Waals surface area (Å²) < 4.78 is 0. The number of carbonyl (C=O) groups is 1. The van der Waals surface area contributed by atoms with Gasteiger partial charge in [-0.1, -0.05) is 42.5 Å². The number of amides is 1. The number of hydrogen-bond donors (Lipinski definition) is 2. The number of rotatable bonds is 4. The summed E-state index contributed by atoms with van der Waals surface area (Å²) in [7, 11) is 0. The highest BCUT2D eigenvalue weighted by molar-refractivity contribution is 5.92. The quantitative estimate of drug-likeness (QED) is 0.894. The fourth-order valence-corrected chi connectivity index (χ4v) is 2.40. The van der Waals surface area contributed by atoms with E-state index in [4.69, 9.17) is 5.73 Å². The van der Waals surface area contributed by atoms with E-state index in [0.717, 1.165) is 17.7 Å². The van der Waals surface area contributed by atoms with Crippen LogP contribution >= 0.6 is 0 Å². The maximum atomic E-state index is 11.9.